The van der Waals surface area contributed by atoms with E-state index < -0.39 is 30.6 Å². The van der Waals surface area contributed by atoms with Crippen molar-refractivity contribution in [3.63, 3.8) is 0 Å². The zero-order chi connectivity index (χ0) is 22.4. The predicted octanol–water partition coefficient (Wildman–Crippen LogP) is 1.54. The Bertz CT molecular complexity index is 954. The molecule has 0 fully saturated rings. The maximum absolute atomic E-state index is 11.8. The van der Waals surface area contributed by atoms with Crippen molar-refractivity contribution in [3.8, 4) is 0 Å². The second kappa shape index (κ2) is 9.54. The molecule has 6 N–H and O–H groups in total. The van der Waals surface area contributed by atoms with Gasteiger partial charge in [-0.25, -0.2) is 9.21 Å². The summed E-state index contributed by atoms with van der Waals surface area (Å²) in [6.07, 6.45) is -2.11. The zero-order valence-corrected chi connectivity index (χ0v) is 15.0. The molecule has 156 valence electrons. The van der Waals surface area contributed by atoms with Gasteiger partial charge in [-0.05, 0) is 12.1 Å². The van der Waals surface area contributed by atoms with E-state index in [0.29, 0.717) is 16.5 Å². The fraction of sp³-hybridized carbons (Fsp3) is 0.133. The normalized spacial score (nSPS) is 10.5. The quantitative estimate of drug-likeness (QED) is 0.273. The molecule has 1 aromatic heterocycles. The summed E-state index contributed by atoms with van der Waals surface area (Å²) in [6, 6.07) is 4.70. The molecule has 10 nitrogen and oxygen atoms in total. The first-order valence-electron chi connectivity index (χ1n) is 7.32. The molecule has 2 aromatic rings. The minimum atomic E-state index is -5.08. The smallest absolute Gasteiger partial charge is 0.480 e. The molecule has 0 unspecified atom stereocenters. The molecule has 1 heterocycles. The number of anilines is 1. The van der Waals surface area contributed by atoms with Gasteiger partial charge in [-0.3, -0.25) is 20.0 Å². The lowest BCUT2D eigenvalue weighted by Gasteiger charge is -2.15. The SMILES string of the molecule is N=C(N)N(Cl)c1cncc2cc(C(=O)NCC(=O)O)ccc12.O=C(O)C(F)(F)F. The number of nitrogens with one attached hydrogen (secondary N) is 2. The lowest BCUT2D eigenvalue weighted by Crippen LogP contribution is -2.29. The Morgan fingerprint density at radius 1 is 1.24 bits per heavy atom. The van der Waals surface area contributed by atoms with Gasteiger partial charge in [-0.15, -0.1) is 0 Å². The van der Waals surface area contributed by atoms with Crippen molar-refractivity contribution in [2.24, 2.45) is 5.73 Å². The highest BCUT2D eigenvalue weighted by molar-refractivity contribution is 6.38. The summed E-state index contributed by atoms with van der Waals surface area (Å²) in [6.45, 7) is -0.463. The minimum Gasteiger partial charge on any atom is -0.480 e. The van der Waals surface area contributed by atoms with E-state index in [4.69, 9.17) is 37.9 Å². The van der Waals surface area contributed by atoms with E-state index in [0.717, 1.165) is 4.42 Å². The number of nitrogens with zero attached hydrogens (tertiary/aromatic N) is 2. The summed E-state index contributed by atoms with van der Waals surface area (Å²) in [7, 11) is 0. The van der Waals surface area contributed by atoms with Crippen molar-refractivity contribution in [2.75, 3.05) is 11.0 Å². The van der Waals surface area contributed by atoms with Gasteiger partial charge in [0.1, 0.15) is 6.54 Å². The first-order chi connectivity index (χ1) is 13.3. The number of carboxylic acid groups (broad SMARTS) is 2. The number of carboxylic acids is 2. The Balaban J connectivity index is 0.000000516. The average Bonchev–Trinajstić information content (AvgIpc) is 2.64. The summed E-state index contributed by atoms with van der Waals surface area (Å²) in [5.74, 6) is -4.76. The van der Waals surface area contributed by atoms with Crippen LogP contribution in [0.15, 0.2) is 30.6 Å². The number of nitrogens with two attached hydrogens (primary N) is 1. The number of fused-ring (bicyclic) bond motifs is 1. The van der Waals surface area contributed by atoms with Gasteiger partial charge in [0.2, 0.25) is 5.96 Å². The van der Waals surface area contributed by atoms with Gasteiger partial charge in [0.15, 0.2) is 0 Å². The summed E-state index contributed by atoms with van der Waals surface area (Å²) >= 11 is 5.91. The molecule has 0 bridgehead atoms. The monoisotopic (exact) mass is 435 g/mol. The highest BCUT2D eigenvalue weighted by atomic mass is 35.5. The number of amides is 1. The number of halogens is 4. The molecule has 0 spiro atoms. The summed E-state index contributed by atoms with van der Waals surface area (Å²) in [5, 5.41) is 26.5. The van der Waals surface area contributed by atoms with E-state index >= 15 is 0 Å². The van der Waals surface area contributed by atoms with Crippen LogP contribution in [0.3, 0.4) is 0 Å². The van der Waals surface area contributed by atoms with E-state index in [-0.39, 0.29) is 11.5 Å². The standard InChI is InChI=1S/C13H12ClN5O3.C2HF3O2/c14-19(13(15)16)10-5-17-4-8-3-7(1-2-9(8)10)12(22)18-6-11(20)21;3-2(4,5)1(6)7/h1-5H,6H2,(H3,15,16)(H,18,22)(H,20,21);(H,6,7). The van der Waals surface area contributed by atoms with Crippen LogP contribution in [-0.2, 0) is 9.59 Å². The Morgan fingerprint density at radius 2 is 1.83 bits per heavy atom. The van der Waals surface area contributed by atoms with Crippen molar-refractivity contribution >= 4 is 52.0 Å². The fourth-order valence-electron chi connectivity index (χ4n) is 1.85. The molecule has 14 heteroatoms. The number of rotatable bonds is 4. The summed E-state index contributed by atoms with van der Waals surface area (Å²) in [4.78, 5) is 35.2. The van der Waals surface area contributed by atoms with E-state index in [1.807, 2.05) is 0 Å². The van der Waals surface area contributed by atoms with Crippen LogP contribution in [0.1, 0.15) is 10.4 Å². The molecular formula is C15H13ClF3N5O5. The first kappa shape index (κ1) is 23.4. The largest absolute Gasteiger partial charge is 0.490 e. The maximum Gasteiger partial charge on any atom is 0.490 e. The third-order valence-corrected chi connectivity index (χ3v) is 3.43. The van der Waals surface area contributed by atoms with Crippen LogP contribution in [-0.4, -0.2) is 51.7 Å². The van der Waals surface area contributed by atoms with E-state index in [2.05, 4.69) is 10.3 Å². The number of carbonyl (C=O) groups is 3. The van der Waals surface area contributed by atoms with Crippen molar-refractivity contribution in [2.45, 2.75) is 6.18 Å². The molecule has 29 heavy (non-hydrogen) atoms. The molecule has 2 rings (SSSR count). The van der Waals surface area contributed by atoms with E-state index in [9.17, 15) is 22.8 Å². The number of guanidine groups is 1. The molecule has 0 saturated heterocycles. The number of benzene rings is 1. The van der Waals surface area contributed by atoms with Crippen molar-refractivity contribution in [3.05, 3.63) is 36.2 Å². The van der Waals surface area contributed by atoms with Gasteiger partial charge < -0.3 is 21.3 Å². The second-order valence-electron chi connectivity index (χ2n) is 5.14. The number of hydrogen-bond donors (Lipinski definition) is 5. The van der Waals surface area contributed by atoms with Crippen molar-refractivity contribution in [1.82, 2.24) is 10.3 Å². The van der Waals surface area contributed by atoms with Gasteiger partial charge in [0.25, 0.3) is 5.91 Å². The predicted molar refractivity (Wildman–Crippen MR) is 95.6 cm³/mol. The van der Waals surface area contributed by atoms with Crippen LogP contribution in [0.4, 0.5) is 18.9 Å². The highest BCUT2D eigenvalue weighted by Gasteiger charge is 2.38. The van der Waals surface area contributed by atoms with Crippen LogP contribution in [0.5, 0.6) is 0 Å². The van der Waals surface area contributed by atoms with Crippen LogP contribution < -0.4 is 15.5 Å². The third-order valence-electron chi connectivity index (χ3n) is 3.07. The summed E-state index contributed by atoms with van der Waals surface area (Å²) in [5.41, 5.74) is 6.03. The van der Waals surface area contributed by atoms with Crippen molar-refractivity contribution in [1.29, 1.82) is 5.41 Å². The lowest BCUT2D eigenvalue weighted by molar-refractivity contribution is -0.192. The van der Waals surface area contributed by atoms with Crippen LogP contribution in [0.25, 0.3) is 10.8 Å². The first-order valence-corrected chi connectivity index (χ1v) is 7.66. The molecule has 0 saturated carbocycles. The van der Waals surface area contributed by atoms with E-state index in [1.54, 1.807) is 12.1 Å². The Labute approximate surface area is 165 Å². The van der Waals surface area contributed by atoms with Crippen LogP contribution in [0.2, 0.25) is 0 Å². The molecule has 0 aliphatic heterocycles. The third kappa shape index (κ3) is 6.80. The number of carbonyl (C=O) groups excluding carboxylic acids is 1. The van der Waals surface area contributed by atoms with Crippen LogP contribution in [0, 0.1) is 5.41 Å². The molecule has 1 aromatic carbocycles. The molecule has 0 aliphatic rings. The van der Waals surface area contributed by atoms with Crippen LogP contribution >= 0.6 is 11.8 Å². The Kier molecular flexibility index (Phi) is 7.71. The second-order valence-corrected chi connectivity index (χ2v) is 5.48. The van der Waals surface area contributed by atoms with Gasteiger partial charge in [0, 0.05) is 34.3 Å². The van der Waals surface area contributed by atoms with Gasteiger partial charge >= 0.3 is 18.1 Å². The summed E-state index contributed by atoms with van der Waals surface area (Å²) < 4.78 is 32.7. The molecule has 1 amide bonds. The van der Waals surface area contributed by atoms with Crippen molar-refractivity contribution < 1.29 is 37.8 Å². The number of aromatic nitrogens is 1. The topological polar surface area (TPSA) is 170 Å². The Hall–Kier alpha value is -3.61. The molecule has 0 atom stereocenters. The minimum absolute atomic E-state index is 0.289. The number of alkyl halides is 3. The lowest BCUT2D eigenvalue weighted by atomic mass is 10.1. The zero-order valence-electron chi connectivity index (χ0n) is 14.2. The fourth-order valence-corrected chi connectivity index (χ4v) is 1.98. The molecule has 0 radical (unpaired) electrons. The van der Waals surface area contributed by atoms with E-state index in [1.165, 1.54) is 18.5 Å². The number of hydrogen-bond acceptors (Lipinski definition) is 5. The number of pyridine rings is 1. The molecule has 0 aliphatic carbocycles. The molecular weight excluding hydrogens is 423 g/mol. The average molecular weight is 436 g/mol. The van der Waals surface area contributed by atoms with Gasteiger partial charge in [-0.2, -0.15) is 13.2 Å². The highest BCUT2D eigenvalue weighted by Crippen LogP contribution is 2.27. The van der Waals surface area contributed by atoms with Gasteiger partial charge in [-0.1, -0.05) is 6.07 Å². The number of aliphatic carboxylic acids is 2. The maximum atomic E-state index is 11.8. The Morgan fingerprint density at radius 3 is 2.31 bits per heavy atom. The van der Waals surface area contributed by atoms with Gasteiger partial charge in [0.05, 0.1) is 11.9 Å².